The van der Waals surface area contributed by atoms with E-state index in [1.54, 1.807) is 12.3 Å². The number of carboxylic acids is 1. The number of carboxylic acid groups (broad SMARTS) is 1. The van der Waals surface area contributed by atoms with E-state index in [4.69, 9.17) is 9.84 Å². The fraction of sp³-hybridized carbons (Fsp3) is 0.154. The Morgan fingerprint density at radius 2 is 2.11 bits per heavy atom. The van der Waals surface area contributed by atoms with Crippen molar-refractivity contribution in [3.05, 3.63) is 54.1 Å². The minimum absolute atomic E-state index is 0.00655. The summed E-state index contributed by atoms with van der Waals surface area (Å²) in [5, 5.41) is 8.69. The van der Waals surface area contributed by atoms with Crippen LogP contribution in [0.1, 0.15) is 16.2 Å². The van der Waals surface area contributed by atoms with Crippen LogP contribution in [0.3, 0.4) is 0 Å². The number of nitrogens with zero attached hydrogens (tertiary/aromatic N) is 2. The summed E-state index contributed by atoms with van der Waals surface area (Å²) in [7, 11) is 0. The molecule has 92 valence electrons. The minimum atomic E-state index is -1.05. The molecule has 1 N–H and O–H groups in total. The van der Waals surface area contributed by atoms with Gasteiger partial charge in [0, 0.05) is 18.3 Å². The second-order valence-corrected chi connectivity index (χ2v) is 3.60. The molecule has 5 heteroatoms. The number of ether oxygens (including phenoxy) is 1. The lowest BCUT2D eigenvalue weighted by Gasteiger charge is -2.05. The molecule has 0 spiro atoms. The van der Waals surface area contributed by atoms with Crippen LogP contribution in [0.25, 0.3) is 0 Å². The predicted molar refractivity (Wildman–Crippen MR) is 64.6 cm³/mol. The Morgan fingerprint density at radius 1 is 1.22 bits per heavy atom. The Balaban J connectivity index is 1.85. The second-order valence-electron chi connectivity index (χ2n) is 3.60. The summed E-state index contributed by atoms with van der Waals surface area (Å²) in [4.78, 5) is 18.5. The molecule has 0 aliphatic carbocycles. The first-order valence-electron chi connectivity index (χ1n) is 5.48. The zero-order valence-corrected chi connectivity index (χ0v) is 9.61. The van der Waals surface area contributed by atoms with Gasteiger partial charge in [-0.1, -0.05) is 6.07 Å². The maximum absolute atomic E-state index is 10.6. The highest BCUT2D eigenvalue weighted by molar-refractivity contribution is 5.85. The van der Waals surface area contributed by atoms with E-state index >= 15 is 0 Å². The van der Waals surface area contributed by atoms with Gasteiger partial charge in [0.15, 0.2) is 0 Å². The number of hydrogen-bond acceptors (Lipinski definition) is 4. The summed E-state index contributed by atoms with van der Waals surface area (Å²) >= 11 is 0. The van der Waals surface area contributed by atoms with Crippen LogP contribution in [0.5, 0.6) is 5.75 Å². The van der Waals surface area contributed by atoms with Gasteiger partial charge in [-0.05, 0) is 24.3 Å². The normalized spacial score (nSPS) is 10.0. The van der Waals surface area contributed by atoms with E-state index in [1.807, 2.05) is 18.2 Å². The van der Waals surface area contributed by atoms with Crippen LogP contribution in [-0.4, -0.2) is 27.7 Å². The quantitative estimate of drug-likeness (QED) is 0.868. The molecule has 5 nitrogen and oxygen atoms in total. The average Bonchev–Trinajstić information content (AvgIpc) is 2.40. The topological polar surface area (TPSA) is 72.3 Å². The molecule has 2 rings (SSSR count). The fourth-order valence-corrected chi connectivity index (χ4v) is 1.41. The Labute approximate surface area is 104 Å². The first kappa shape index (κ1) is 12.0. The van der Waals surface area contributed by atoms with E-state index in [9.17, 15) is 4.79 Å². The van der Waals surface area contributed by atoms with E-state index in [0.717, 1.165) is 5.69 Å². The number of carbonyl (C=O) groups is 1. The van der Waals surface area contributed by atoms with Gasteiger partial charge in [0.05, 0.1) is 12.8 Å². The lowest BCUT2D eigenvalue weighted by molar-refractivity contribution is 0.0690. The van der Waals surface area contributed by atoms with Crippen molar-refractivity contribution in [2.75, 3.05) is 6.61 Å². The molecule has 2 aromatic heterocycles. The van der Waals surface area contributed by atoms with Crippen molar-refractivity contribution in [1.29, 1.82) is 0 Å². The summed E-state index contributed by atoms with van der Waals surface area (Å²) in [6.07, 6.45) is 3.84. The number of pyridine rings is 2. The maximum atomic E-state index is 10.6. The van der Waals surface area contributed by atoms with Gasteiger partial charge in [-0.25, -0.2) is 9.78 Å². The molecule has 2 heterocycles. The molecule has 0 amide bonds. The third-order valence-corrected chi connectivity index (χ3v) is 2.31. The molecule has 0 bridgehead atoms. The van der Waals surface area contributed by atoms with Crippen molar-refractivity contribution < 1.29 is 14.6 Å². The third-order valence-electron chi connectivity index (χ3n) is 2.31. The minimum Gasteiger partial charge on any atom is -0.492 e. The van der Waals surface area contributed by atoms with Crippen molar-refractivity contribution in [3.8, 4) is 5.75 Å². The van der Waals surface area contributed by atoms with Crippen LogP contribution >= 0.6 is 0 Å². The van der Waals surface area contributed by atoms with Gasteiger partial charge in [-0.2, -0.15) is 0 Å². The predicted octanol–water partition coefficient (Wildman–Crippen LogP) is 1.80. The SMILES string of the molecule is O=C(O)c1ccc(OCCc2ccccn2)cn1. The van der Waals surface area contributed by atoms with Gasteiger partial charge in [0.2, 0.25) is 0 Å². The van der Waals surface area contributed by atoms with Crippen LogP contribution in [0.2, 0.25) is 0 Å². The molecule has 0 radical (unpaired) electrons. The molecule has 0 saturated heterocycles. The van der Waals surface area contributed by atoms with E-state index in [1.165, 1.54) is 12.3 Å². The first-order valence-corrected chi connectivity index (χ1v) is 5.48. The highest BCUT2D eigenvalue weighted by atomic mass is 16.5. The summed E-state index contributed by atoms with van der Waals surface area (Å²) in [6.45, 7) is 0.477. The number of hydrogen-bond donors (Lipinski definition) is 1. The average molecular weight is 244 g/mol. The second kappa shape index (κ2) is 5.77. The molecule has 0 unspecified atom stereocenters. The molecular formula is C13H12N2O3. The van der Waals surface area contributed by atoms with Gasteiger partial charge in [-0.3, -0.25) is 4.98 Å². The molecule has 0 saturated carbocycles. The van der Waals surface area contributed by atoms with E-state index < -0.39 is 5.97 Å². The Morgan fingerprint density at radius 3 is 2.72 bits per heavy atom. The van der Waals surface area contributed by atoms with Crippen LogP contribution in [0, 0.1) is 0 Å². The molecule has 18 heavy (non-hydrogen) atoms. The van der Waals surface area contributed by atoms with Gasteiger partial charge >= 0.3 is 5.97 Å². The number of aromatic carboxylic acids is 1. The van der Waals surface area contributed by atoms with Gasteiger partial charge in [0.1, 0.15) is 11.4 Å². The van der Waals surface area contributed by atoms with Gasteiger partial charge in [0.25, 0.3) is 0 Å². The zero-order valence-electron chi connectivity index (χ0n) is 9.61. The van der Waals surface area contributed by atoms with Crippen molar-refractivity contribution in [2.45, 2.75) is 6.42 Å². The van der Waals surface area contributed by atoms with Crippen molar-refractivity contribution in [2.24, 2.45) is 0 Å². The summed E-state index contributed by atoms with van der Waals surface area (Å²) in [5.74, 6) is -0.494. The Hall–Kier alpha value is -2.43. The summed E-state index contributed by atoms with van der Waals surface area (Å²) in [6, 6.07) is 8.72. The summed E-state index contributed by atoms with van der Waals surface area (Å²) in [5.41, 5.74) is 0.958. The van der Waals surface area contributed by atoms with Crippen LogP contribution in [0.15, 0.2) is 42.7 Å². The highest BCUT2D eigenvalue weighted by Crippen LogP contribution is 2.09. The first-order chi connectivity index (χ1) is 8.75. The monoisotopic (exact) mass is 244 g/mol. The molecule has 0 aliphatic heterocycles. The van der Waals surface area contributed by atoms with E-state index in [0.29, 0.717) is 18.8 Å². The Bertz CT molecular complexity index is 512. The maximum Gasteiger partial charge on any atom is 0.354 e. The van der Waals surface area contributed by atoms with Crippen LogP contribution in [-0.2, 0) is 6.42 Å². The van der Waals surface area contributed by atoms with E-state index in [-0.39, 0.29) is 5.69 Å². The van der Waals surface area contributed by atoms with Gasteiger partial charge in [-0.15, -0.1) is 0 Å². The molecule has 0 aromatic carbocycles. The number of aromatic nitrogens is 2. The summed E-state index contributed by atoms with van der Waals surface area (Å²) < 4.78 is 5.45. The van der Waals surface area contributed by atoms with Crippen molar-refractivity contribution >= 4 is 5.97 Å². The Kier molecular flexibility index (Phi) is 3.86. The molecule has 0 atom stereocenters. The number of rotatable bonds is 5. The zero-order chi connectivity index (χ0) is 12.8. The van der Waals surface area contributed by atoms with Gasteiger partial charge < -0.3 is 9.84 Å². The molecular weight excluding hydrogens is 232 g/mol. The third kappa shape index (κ3) is 3.28. The fourth-order valence-electron chi connectivity index (χ4n) is 1.41. The lowest BCUT2D eigenvalue weighted by atomic mass is 10.3. The lowest BCUT2D eigenvalue weighted by Crippen LogP contribution is -2.04. The smallest absolute Gasteiger partial charge is 0.354 e. The molecule has 0 fully saturated rings. The largest absolute Gasteiger partial charge is 0.492 e. The highest BCUT2D eigenvalue weighted by Gasteiger charge is 2.03. The molecule has 0 aliphatic rings. The van der Waals surface area contributed by atoms with Crippen LogP contribution < -0.4 is 4.74 Å². The van der Waals surface area contributed by atoms with Crippen LogP contribution in [0.4, 0.5) is 0 Å². The van der Waals surface area contributed by atoms with Crippen molar-refractivity contribution in [3.63, 3.8) is 0 Å². The van der Waals surface area contributed by atoms with Crippen molar-refractivity contribution in [1.82, 2.24) is 9.97 Å². The van der Waals surface area contributed by atoms with E-state index in [2.05, 4.69) is 9.97 Å². The standard InChI is InChI=1S/C13H12N2O3/c16-13(17)12-5-4-11(9-15-12)18-8-6-10-3-1-2-7-14-10/h1-5,7,9H,6,8H2,(H,16,17). The molecule has 2 aromatic rings.